The Kier molecular flexibility index (Phi) is 3.92. The van der Waals surface area contributed by atoms with Gasteiger partial charge in [0.1, 0.15) is 0 Å². The van der Waals surface area contributed by atoms with E-state index in [0.717, 1.165) is 12.8 Å². The standard InChI is InChI=1S/C15H22BrFN2/c1-14(2)6-11(7-15(3,4)9-14)19-13-12(17)5-10(16)8-18-13/h5,8,11H,6-7,9H2,1-4H3,(H,18,19). The molecule has 0 radical (unpaired) electrons. The van der Waals surface area contributed by atoms with Gasteiger partial charge in [-0.15, -0.1) is 0 Å². The summed E-state index contributed by atoms with van der Waals surface area (Å²) < 4.78 is 14.5. The first kappa shape index (κ1) is 14.8. The maximum absolute atomic E-state index is 13.8. The summed E-state index contributed by atoms with van der Waals surface area (Å²) in [5.41, 5.74) is 0.566. The van der Waals surface area contributed by atoms with Crippen LogP contribution in [-0.2, 0) is 0 Å². The highest BCUT2D eigenvalue weighted by molar-refractivity contribution is 9.10. The van der Waals surface area contributed by atoms with Crippen molar-refractivity contribution in [1.29, 1.82) is 0 Å². The van der Waals surface area contributed by atoms with Crippen LogP contribution in [0.2, 0.25) is 0 Å². The Hall–Kier alpha value is -0.640. The number of anilines is 1. The summed E-state index contributed by atoms with van der Waals surface area (Å²) in [4.78, 5) is 4.13. The highest BCUT2D eigenvalue weighted by Crippen LogP contribution is 2.46. The molecule has 1 aliphatic rings. The first-order chi connectivity index (χ1) is 8.67. The second-order valence-corrected chi connectivity index (χ2v) is 8.15. The number of hydrogen-bond acceptors (Lipinski definition) is 2. The molecule has 4 heteroatoms. The number of nitrogens with one attached hydrogen (secondary N) is 1. The van der Waals surface area contributed by atoms with E-state index in [2.05, 4.69) is 53.9 Å². The van der Waals surface area contributed by atoms with E-state index in [9.17, 15) is 4.39 Å². The number of aromatic nitrogens is 1. The molecule has 1 heterocycles. The van der Waals surface area contributed by atoms with Crippen LogP contribution in [0, 0.1) is 16.6 Å². The van der Waals surface area contributed by atoms with Crippen molar-refractivity contribution in [2.24, 2.45) is 10.8 Å². The van der Waals surface area contributed by atoms with Gasteiger partial charge in [-0.2, -0.15) is 0 Å². The number of nitrogens with zero attached hydrogens (tertiary/aromatic N) is 1. The van der Waals surface area contributed by atoms with Gasteiger partial charge in [-0.1, -0.05) is 27.7 Å². The molecular weight excluding hydrogens is 307 g/mol. The summed E-state index contributed by atoms with van der Waals surface area (Å²) in [5, 5.41) is 3.28. The van der Waals surface area contributed by atoms with Gasteiger partial charge in [0.05, 0.1) is 0 Å². The van der Waals surface area contributed by atoms with E-state index in [1.54, 1.807) is 6.20 Å². The van der Waals surface area contributed by atoms with Gasteiger partial charge in [-0.05, 0) is 52.1 Å². The van der Waals surface area contributed by atoms with E-state index in [4.69, 9.17) is 0 Å². The molecule has 1 fully saturated rings. The van der Waals surface area contributed by atoms with Crippen molar-refractivity contribution in [3.63, 3.8) is 0 Å². The summed E-state index contributed by atoms with van der Waals surface area (Å²) in [5.74, 6) is 0.0669. The summed E-state index contributed by atoms with van der Waals surface area (Å²) in [6.45, 7) is 9.14. The van der Waals surface area contributed by atoms with Crippen LogP contribution in [-0.4, -0.2) is 11.0 Å². The van der Waals surface area contributed by atoms with Gasteiger partial charge in [0.2, 0.25) is 0 Å². The molecule has 1 aliphatic carbocycles. The average molecular weight is 329 g/mol. The van der Waals surface area contributed by atoms with E-state index < -0.39 is 0 Å². The molecule has 1 aromatic heterocycles. The van der Waals surface area contributed by atoms with Crippen LogP contribution in [0.5, 0.6) is 0 Å². The Balaban J connectivity index is 2.14. The van der Waals surface area contributed by atoms with Crippen LogP contribution in [0.25, 0.3) is 0 Å². The van der Waals surface area contributed by atoms with Crippen LogP contribution >= 0.6 is 15.9 Å². The molecule has 0 spiro atoms. The van der Waals surface area contributed by atoms with Crippen molar-refractivity contribution in [2.75, 3.05) is 5.32 Å². The molecule has 19 heavy (non-hydrogen) atoms. The lowest BCUT2D eigenvalue weighted by Crippen LogP contribution is -2.40. The third-order valence-electron chi connectivity index (χ3n) is 3.70. The zero-order chi connectivity index (χ0) is 14.3. The lowest BCUT2D eigenvalue weighted by molar-refractivity contribution is 0.105. The lowest BCUT2D eigenvalue weighted by Gasteiger charge is -2.45. The first-order valence-electron chi connectivity index (χ1n) is 6.75. The summed E-state index contributed by atoms with van der Waals surface area (Å²) in [6, 6.07) is 1.73. The van der Waals surface area contributed by atoms with Gasteiger partial charge < -0.3 is 5.32 Å². The van der Waals surface area contributed by atoms with Crippen LogP contribution in [0.1, 0.15) is 47.0 Å². The number of halogens is 2. The maximum Gasteiger partial charge on any atom is 0.166 e. The minimum atomic E-state index is -0.296. The van der Waals surface area contributed by atoms with Crippen molar-refractivity contribution >= 4 is 21.7 Å². The SMILES string of the molecule is CC1(C)CC(Nc2ncc(Br)cc2F)CC(C)(C)C1. The van der Waals surface area contributed by atoms with Crippen LogP contribution in [0.15, 0.2) is 16.7 Å². The molecule has 2 nitrogen and oxygen atoms in total. The molecule has 0 amide bonds. The average Bonchev–Trinajstić information content (AvgIpc) is 2.17. The van der Waals surface area contributed by atoms with E-state index in [-0.39, 0.29) is 22.7 Å². The summed E-state index contributed by atoms with van der Waals surface area (Å²) in [6.07, 6.45) is 4.93. The number of pyridine rings is 1. The Morgan fingerprint density at radius 1 is 1.26 bits per heavy atom. The molecule has 0 aromatic carbocycles. The van der Waals surface area contributed by atoms with Gasteiger partial charge in [0.15, 0.2) is 11.6 Å². The van der Waals surface area contributed by atoms with E-state index in [1.165, 1.54) is 12.5 Å². The van der Waals surface area contributed by atoms with E-state index in [0.29, 0.717) is 10.3 Å². The van der Waals surface area contributed by atoms with Crippen molar-refractivity contribution in [2.45, 2.75) is 53.0 Å². The third kappa shape index (κ3) is 3.91. The van der Waals surface area contributed by atoms with Crippen LogP contribution < -0.4 is 5.32 Å². The van der Waals surface area contributed by atoms with Crippen LogP contribution in [0.4, 0.5) is 10.2 Å². The van der Waals surface area contributed by atoms with Gasteiger partial charge >= 0.3 is 0 Å². The van der Waals surface area contributed by atoms with Gasteiger partial charge in [-0.3, -0.25) is 0 Å². The summed E-state index contributed by atoms with van der Waals surface area (Å²) in [7, 11) is 0. The predicted octanol–water partition coefficient (Wildman–Crippen LogP) is 5.00. The fourth-order valence-electron chi connectivity index (χ4n) is 3.66. The van der Waals surface area contributed by atoms with Gasteiger partial charge in [-0.25, -0.2) is 9.37 Å². The van der Waals surface area contributed by atoms with Crippen molar-refractivity contribution in [1.82, 2.24) is 4.98 Å². The predicted molar refractivity (Wildman–Crippen MR) is 80.7 cm³/mol. The monoisotopic (exact) mass is 328 g/mol. The molecule has 0 bridgehead atoms. The highest BCUT2D eigenvalue weighted by Gasteiger charge is 2.38. The van der Waals surface area contributed by atoms with Crippen LogP contribution in [0.3, 0.4) is 0 Å². The highest BCUT2D eigenvalue weighted by atomic mass is 79.9. The van der Waals surface area contributed by atoms with Crippen molar-refractivity contribution in [3.05, 3.63) is 22.6 Å². The molecule has 0 unspecified atom stereocenters. The van der Waals surface area contributed by atoms with Gasteiger partial charge in [0.25, 0.3) is 0 Å². The second kappa shape index (κ2) is 5.04. The smallest absolute Gasteiger partial charge is 0.166 e. The fraction of sp³-hybridized carbons (Fsp3) is 0.667. The molecule has 1 saturated carbocycles. The molecular formula is C15H22BrFN2. The van der Waals surface area contributed by atoms with E-state index in [1.807, 2.05) is 0 Å². The third-order valence-corrected chi connectivity index (χ3v) is 4.14. The first-order valence-corrected chi connectivity index (χ1v) is 7.54. The maximum atomic E-state index is 13.8. The number of hydrogen-bond donors (Lipinski definition) is 1. The lowest BCUT2D eigenvalue weighted by atomic mass is 9.63. The fourth-order valence-corrected chi connectivity index (χ4v) is 3.97. The minimum Gasteiger partial charge on any atom is -0.365 e. The molecule has 1 aromatic rings. The molecule has 0 atom stereocenters. The molecule has 2 rings (SSSR count). The summed E-state index contributed by atoms with van der Waals surface area (Å²) >= 11 is 3.23. The Labute approximate surface area is 123 Å². The zero-order valence-electron chi connectivity index (χ0n) is 12.1. The van der Waals surface area contributed by atoms with Gasteiger partial charge in [0, 0.05) is 16.7 Å². The topological polar surface area (TPSA) is 24.9 Å². The Morgan fingerprint density at radius 3 is 2.37 bits per heavy atom. The molecule has 1 N–H and O–H groups in total. The molecule has 106 valence electrons. The quantitative estimate of drug-likeness (QED) is 0.826. The largest absolute Gasteiger partial charge is 0.365 e. The van der Waals surface area contributed by atoms with Crippen molar-refractivity contribution < 1.29 is 4.39 Å². The van der Waals surface area contributed by atoms with Crippen molar-refractivity contribution in [3.8, 4) is 0 Å². The Morgan fingerprint density at radius 2 is 1.84 bits per heavy atom. The second-order valence-electron chi connectivity index (χ2n) is 7.24. The minimum absolute atomic E-state index is 0.280. The van der Waals surface area contributed by atoms with E-state index >= 15 is 0 Å². The molecule has 0 saturated heterocycles. The normalized spacial score (nSPS) is 22.2. The Bertz CT molecular complexity index is 455. The number of rotatable bonds is 2. The molecule has 0 aliphatic heterocycles. The zero-order valence-corrected chi connectivity index (χ0v) is 13.6.